The fourth-order valence-corrected chi connectivity index (χ4v) is 5.66. The van der Waals surface area contributed by atoms with Crippen molar-refractivity contribution >= 4 is 57.1 Å². The van der Waals surface area contributed by atoms with E-state index in [1.165, 1.54) is 12.0 Å². The molecule has 0 N–H and O–H groups in total. The Balaban J connectivity index is 1.54. The van der Waals surface area contributed by atoms with Crippen molar-refractivity contribution in [2.45, 2.75) is 6.42 Å². The second-order valence-corrected chi connectivity index (χ2v) is 9.60. The molecule has 5 rings (SSSR count). The van der Waals surface area contributed by atoms with Crippen molar-refractivity contribution in [3.63, 3.8) is 0 Å². The Morgan fingerprint density at radius 2 is 1.60 bits per heavy atom. The highest BCUT2D eigenvalue weighted by atomic mass is 32.2. The van der Waals surface area contributed by atoms with Gasteiger partial charge < -0.3 is 14.4 Å². The molecule has 8 heteroatoms. The molecule has 0 radical (unpaired) electrons. The minimum Gasteiger partial charge on any atom is -0.497 e. The lowest BCUT2D eigenvalue weighted by atomic mass is 10.1. The second kappa shape index (κ2) is 9.56. The zero-order valence-corrected chi connectivity index (χ0v) is 20.8. The highest BCUT2D eigenvalue weighted by Crippen LogP contribution is 2.47. The number of carbonyl (C=O) groups excluding carboxylic acids is 2. The maximum atomic E-state index is 13.7. The Hall–Kier alpha value is -3.62. The van der Waals surface area contributed by atoms with E-state index in [0.29, 0.717) is 45.0 Å². The molecule has 6 nitrogen and oxygen atoms in total. The molecule has 2 aliphatic rings. The van der Waals surface area contributed by atoms with Crippen LogP contribution in [0.15, 0.2) is 77.7 Å². The number of fused-ring (bicyclic) bond motifs is 1. The molecular formula is C27H22N2O4S2. The van der Waals surface area contributed by atoms with Gasteiger partial charge in [-0.3, -0.25) is 14.5 Å². The molecule has 0 unspecified atom stereocenters. The van der Waals surface area contributed by atoms with Gasteiger partial charge in [0.05, 0.1) is 36.1 Å². The Bertz CT molecular complexity index is 1370. The number of benzene rings is 3. The van der Waals surface area contributed by atoms with Crippen molar-refractivity contribution in [1.29, 1.82) is 0 Å². The topological polar surface area (TPSA) is 59.1 Å². The van der Waals surface area contributed by atoms with Gasteiger partial charge in [-0.1, -0.05) is 72.5 Å². The summed E-state index contributed by atoms with van der Waals surface area (Å²) >= 11 is 6.73. The fourth-order valence-electron chi connectivity index (χ4n) is 4.31. The maximum absolute atomic E-state index is 13.7. The molecule has 3 aromatic carbocycles. The normalized spacial score (nSPS) is 17.3. The predicted octanol–water partition coefficient (Wildman–Crippen LogP) is 5.07. The number of amides is 2. The van der Waals surface area contributed by atoms with Gasteiger partial charge in [-0.05, 0) is 30.2 Å². The van der Waals surface area contributed by atoms with Crippen LogP contribution in [0.2, 0.25) is 0 Å². The zero-order chi connectivity index (χ0) is 24.5. The Labute approximate surface area is 213 Å². The SMILES string of the molecule is COc1ccc(OC)c(N2C(=O)C(=C3C(=O)N(CCc4ccccc4)c4ccccc43)SC2=S)c1. The van der Waals surface area contributed by atoms with E-state index in [4.69, 9.17) is 21.7 Å². The third-order valence-electron chi connectivity index (χ3n) is 6.01. The molecule has 0 bridgehead atoms. The van der Waals surface area contributed by atoms with E-state index in [2.05, 4.69) is 0 Å². The maximum Gasteiger partial charge on any atom is 0.271 e. The zero-order valence-electron chi connectivity index (χ0n) is 19.2. The van der Waals surface area contributed by atoms with Crippen molar-refractivity contribution in [2.75, 3.05) is 30.6 Å². The quantitative estimate of drug-likeness (QED) is 0.347. The lowest BCUT2D eigenvalue weighted by Crippen LogP contribution is -2.30. The molecule has 0 atom stereocenters. The molecule has 0 aromatic heterocycles. The average Bonchev–Trinajstić information content (AvgIpc) is 3.33. The molecule has 2 amide bonds. The van der Waals surface area contributed by atoms with Crippen molar-refractivity contribution in [2.24, 2.45) is 0 Å². The summed E-state index contributed by atoms with van der Waals surface area (Å²) in [6.07, 6.45) is 0.705. The minimum absolute atomic E-state index is 0.194. The summed E-state index contributed by atoms with van der Waals surface area (Å²) in [5.41, 5.74) is 3.54. The second-order valence-electron chi connectivity index (χ2n) is 7.96. The van der Waals surface area contributed by atoms with Gasteiger partial charge in [-0.2, -0.15) is 0 Å². The molecule has 2 heterocycles. The number of nitrogens with zero attached hydrogens (tertiary/aromatic N) is 2. The van der Waals surface area contributed by atoms with Gasteiger partial charge in [0.1, 0.15) is 11.5 Å². The smallest absolute Gasteiger partial charge is 0.271 e. The predicted molar refractivity (Wildman–Crippen MR) is 143 cm³/mol. The fraction of sp³-hybridized carbons (Fsp3) is 0.148. The van der Waals surface area contributed by atoms with Crippen LogP contribution >= 0.6 is 24.0 Å². The molecule has 176 valence electrons. The molecule has 1 fully saturated rings. The van der Waals surface area contributed by atoms with Crippen molar-refractivity contribution in [3.05, 3.63) is 88.8 Å². The number of hydrogen-bond donors (Lipinski definition) is 0. The van der Waals surface area contributed by atoms with Gasteiger partial charge >= 0.3 is 0 Å². The van der Waals surface area contributed by atoms with Crippen LogP contribution in [-0.4, -0.2) is 36.9 Å². The Morgan fingerprint density at radius 1 is 0.857 bits per heavy atom. The van der Waals surface area contributed by atoms with E-state index < -0.39 is 0 Å². The van der Waals surface area contributed by atoms with Gasteiger partial charge in [0.25, 0.3) is 11.8 Å². The number of hydrogen-bond acceptors (Lipinski definition) is 6. The van der Waals surface area contributed by atoms with Gasteiger partial charge in [0.15, 0.2) is 4.32 Å². The summed E-state index contributed by atoms with van der Waals surface area (Å²) in [6.45, 7) is 0.507. The highest BCUT2D eigenvalue weighted by molar-refractivity contribution is 8.27. The Kier molecular flexibility index (Phi) is 6.32. The van der Waals surface area contributed by atoms with Crippen LogP contribution < -0.4 is 19.3 Å². The molecule has 0 saturated carbocycles. The minimum atomic E-state index is -0.352. The molecule has 1 saturated heterocycles. The van der Waals surface area contributed by atoms with E-state index in [1.807, 2.05) is 54.6 Å². The molecule has 0 aliphatic carbocycles. The first kappa shape index (κ1) is 23.1. The van der Waals surface area contributed by atoms with E-state index in [9.17, 15) is 9.59 Å². The number of methoxy groups -OCH3 is 2. The largest absolute Gasteiger partial charge is 0.497 e. The Morgan fingerprint density at radius 3 is 2.34 bits per heavy atom. The van der Waals surface area contributed by atoms with Gasteiger partial charge in [0, 0.05) is 18.2 Å². The number of rotatable bonds is 6. The third kappa shape index (κ3) is 4.09. The van der Waals surface area contributed by atoms with Crippen molar-refractivity contribution in [3.8, 4) is 11.5 Å². The van der Waals surface area contributed by atoms with E-state index >= 15 is 0 Å². The van der Waals surface area contributed by atoms with Crippen LogP contribution in [0.25, 0.3) is 5.57 Å². The van der Waals surface area contributed by atoms with Crippen LogP contribution in [-0.2, 0) is 16.0 Å². The molecule has 0 spiro atoms. The monoisotopic (exact) mass is 502 g/mol. The van der Waals surface area contributed by atoms with Gasteiger partial charge in [-0.25, -0.2) is 0 Å². The molecular weight excluding hydrogens is 480 g/mol. The first-order valence-corrected chi connectivity index (χ1v) is 12.2. The van der Waals surface area contributed by atoms with E-state index in [1.54, 1.807) is 30.2 Å². The van der Waals surface area contributed by atoms with Gasteiger partial charge in [-0.15, -0.1) is 0 Å². The van der Waals surface area contributed by atoms with Crippen LogP contribution in [0.3, 0.4) is 0 Å². The summed E-state index contributed by atoms with van der Waals surface area (Å²) in [7, 11) is 3.08. The first-order valence-electron chi connectivity index (χ1n) is 11.0. The number of thioether (sulfide) groups is 1. The first-order chi connectivity index (χ1) is 17.0. The van der Waals surface area contributed by atoms with Crippen LogP contribution in [0.4, 0.5) is 11.4 Å². The summed E-state index contributed by atoms with van der Waals surface area (Å²) in [5.74, 6) is 0.503. The number of para-hydroxylation sites is 1. The van der Waals surface area contributed by atoms with Crippen LogP contribution in [0.5, 0.6) is 11.5 Å². The summed E-state index contributed by atoms with van der Waals surface area (Å²) in [6, 6.07) is 22.8. The number of thiocarbonyl (C=S) groups is 1. The van der Waals surface area contributed by atoms with Gasteiger partial charge in [0.2, 0.25) is 0 Å². The summed E-state index contributed by atoms with van der Waals surface area (Å²) in [5, 5.41) is 0. The van der Waals surface area contributed by atoms with Crippen molar-refractivity contribution in [1.82, 2.24) is 0 Å². The standard InChI is InChI=1S/C27H22N2O4S2/c1-32-18-12-13-22(33-2)21(16-18)29-26(31)24(35-27(29)34)23-19-10-6-7-11-20(19)28(25(23)30)15-14-17-8-4-3-5-9-17/h3-13,16H,14-15H2,1-2H3. The number of carbonyl (C=O) groups is 2. The summed E-state index contributed by atoms with van der Waals surface area (Å²) in [4.78, 5) is 30.9. The van der Waals surface area contributed by atoms with E-state index in [-0.39, 0.29) is 11.8 Å². The highest BCUT2D eigenvalue weighted by Gasteiger charge is 2.43. The van der Waals surface area contributed by atoms with Crippen molar-refractivity contribution < 1.29 is 19.1 Å². The lowest BCUT2D eigenvalue weighted by molar-refractivity contribution is -0.115. The van der Waals surface area contributed by atoms with E-state index in [0.717, 1.165) is 28.6 Å². The molecule has 35 heavy (non-hydrogen) atoms. The molecule has 2 aliphatic heterocycles. The number of anilines is 2. The average molecular weight is 503 g/mol. The number of ether oxygens (including phenoxy) is 2. The third-order valence-corrected chi connectivity index (χ3v) is 7.39. The van der Waals surface area contributed by atoms with Crippen LogP contribution in [0, 0.1) is 0 Å². The molecule has 3 aromatic rings. The lowest BCUT2D eigenvalue weighted by Gasteiger charge is -2.19. The van der Waals surface area contributed by atoms with Crippen LogP contribution in [0.1, 0.15) is 11.1 Å². The summed E-state index contributed by atoms with van der Waals surface area (Å²) < 4.78 is 11.1.